The molecule has 6 rings (SSSR count). The van der Waals surface area contributed by atoms with E-state index in [0.717, 1.165) is 42.6 Å². The maximum atomic E-state index is 9.18. The van der Waals surface area contributed by atoms with Crippen molar-refractivity contribution in [3.63, 3.8) is 0 Å². The monoisotopic (exact) mass is 518 g/mol. The first-order valence-corrected chi connectivity index (χ1v) is 14.2. The molecule has 3 aromatic carbocycles. The second kappa shape index (κ2) is 11.2. The van der Waals surface area contributed by atoms with Crippen LogP contribution in [0.15, 0.2) is 133 Å². The molecule has 40 heavy (non-hydrogen) atoms. The van der Waals surface area contributed by atoms with Crippen LogP contribution in [0, 0.1) is 11.3 Å². The first-order valence-electron chi connectivity index (χ1n) is 14.2. The molecule has 2 atom stereocenters. The molecule has 0 saturated heterocycles. The Morgan fingerprint density at radius 3 is 2.55 bits per heavy atom. The summed E-state index contributed by atoms with van der Waals surface area (Å²) >= 11 is 0. The summed E-state index contributed by atoms with van der Waals surface area (Å²) in [5.41, 5.74) is 10.6. The molecular weight excluding hydrogens is 484 g/mol. The molecular formula is C38H34N2. The van der Waals surface area contributed by atoms with Crippen molar-refractivity contribution in [2.75, 3.05) is 5.32 Å². The van der Waals surface area contributed by atoms with Crippen molar-refractivity contribution < 1.29 is 0 Å². The summed E-state index contributed by atoms with van der Waals surface area (Å²) < 4.78 is 0. The molecule has 196 valence electrons. The summed E-state index contributed by atoms with van der Waals surface area (Å²) in [5, 5.41) is 12.9. The average Bonchev–Trinajstić information content (AvgIpc) is 3.02. The van der Waals surface area contributed by atoms with Crippen LogP contribution in [0.1, 0.15) is 60.8 Å². The fraction of sp³-hybridized carbons (Fsp3) is 0.184. The predicted octanol–water partition coefficient (Wildman–Crippen LogP) is 9.96. The maximum absolute atomic E-state index is 9.18. The lowest BCUT2D eigenvalue weighted by atomic mass is 9.72. The number of anilines is 2. The summed E-state index contributed by atoms with van der Waals surface area (Å²) in [4.78, 5) is 0. The number of benzene rings is 3. The minimum atomic E-state index is -0.142. The van der Waals surface area contributed by atoms with Gasteiger partial charge >= 0.3 is 0 Å². The van der Waals surface area contributed by atoms with Crippen molar-refractivity contribution >= 4 is 22.5 Å². The Kier molecular flexibility index (Phi) is 7.21. The zero-order valence-electron chi connectivity index (χ0n) is 23.0. The number of hydrogen-bond acceptors (Lipinski definition) is 2. The Labute approximate surface area is 238 Å². The lowest BCUT2D eigenvalue weighted by Crippen LogP contribution is -2.22. The van der Waals surface area contributed by atoms with Crippen LogP contribution in [0.5, 0.6) is 0 Å². The Morgan fingerprint density at radius 2 is 1.77 bits per heavy atom. The highest BCUT2D eigenvalue weighted by atomic mass is 14.9. The van der Waals surface area contributed by atoms with Gasteiger partial charge in [-0.15, -0.1) is 0 Å². The van der Waals surface area contributed by atoms with E-state index in [4.69, 9.17) is 0 Å². The molecule has 3 aliphatic rings. The molecule has 0 aromatic heterocycles. The molecule has 1 N–H and O–H groups in total. The number of hydrogen-bond donors (Lipinski definition) is 1. The van der Waals surface area contributed by atoms with Gasteiger partial charge in [0.2, 0.25) is 0 Å². The normalized spacial score (nSPS) is 21.7. The first-order chi connectivity index (χ1) is 19.6. The molecule has 0 fully saturated rings. The van der Waals surface area contributed by atoms with E-state index in [1.807, 2.05) is 12.2 Å². The molecule has 0 aliphatic heterocycles. The van der Waals surface area contributed by atoms with Crippen molar-refractivity contribution in [3.8, 4) is 6.07 Å². The fourth-order valence-electron chi connectivity index (χ4n) is 6.01. The third kappa shape index (κ3) is 5.42. The van der Waals surface area contributed by atoms with Crippen molar-refractivity contribution in [2.24, 2.45) is 0 Å². The van der Waals surface area contributed by atoms with E-state index in [9.17, 15) is 5.26 Å². The zero-order valence-corrected chi connectivity index (χ0v) is 23.0. The van der Waals surface area contributed by atoms with Crippen LogP contribution in [0.25, 0.3) is 11.1 Å². The van der Waals surface area contributed by atoms with E-state index >= 15 is 0 Å². The Bertz CT molecular complexity index is 1640. The predicted molar refractivity (Wildman–Crippen MR) is 168 cm³/mol. The van der Waals surface area contributed by atoms with Gasteiger partial charge in [-0.05, 0) is 83.4 Å². The van der Waals surface area contributed by atoms with Gasteiger partial charge in [-0.1, -0.05) is 110 Å². The van der Waals surface area contributed by atoms with Gasteiger partial charge in [0.1, 0.15) is 0 Å². The summed E-state index contributed by atoms with van der Waals surface area (Å²) in [6, 6.07) is 28.6. The third-order valence-corrected chi connectivity index (χ3v) is 8.27. The maximum Gasteiger partial charge on any atom is 0.0988 e. The lowest BCUT2D eigenvalue weighted by molar-refractivity contribution is 0.611. The second-order valence-corrected chi connectivity index (χ2v) is 11.1. The summed E-state index contributed by atoms with van der Waals surface area (Å²) in [7, 11) is 0. The molecule has 0 saturated carbocycles. The smallest absolute Gasteiger partial charge is 0.0988 e. The van der Waals surface area contributed by atoms with Gasteiger partial charge in [0.25, 0.3) is 0 Å². The minimum absolute atomic E-state index is 0.142. The Morgan fingerprint density at radius 1 is 0.900 bits per heavy atom. The Balaban J connectivity index is 1.22. The highest BCUT2D eigenvalue weighted by molar-refractivity contribution is 5.77. The number of nitriles is 1. The van der Waals surface area contributed by atoms with E-state index in [-0.39, 0.29) is 5.41 Å². The number of allylic oxidation sites excluding steroid dienone is 12. The van der Waals surface area contributed by atoms with Crippen LogP contribution in [0.3, 0.4) is 0 Å². The quantitative estimate of drug-likeness (QED) is 0.352. The van der Waals surface area contributed by atoms with Crippen molar-refractivity contribution in [1.29, 1.82) is 5.26 Å². The summed E-state index contributed by atoms with van der Waals surface area (Å²) in [6.45, 7) is 2.34. The zero-order chi connectivity index (χ0) is 27.4. The molecule has 0 radical (unpaired) electrons. The highest BCUT2D eigenvalue weighted by Gasteiger charge is 2.30. The molecule has 0 spiro atoms. The largest absolute Gasteiger partial charge is 0.355 e. The molecule has 3 aromatic rings. The minimum Gasteiger partial charge on any atom is -0.355 e. The van der Waals surface area contributed by atoms with Crippen LogP contribution in [-0.2, 0) is 5.41 Å². The Hall–Kier alpha value is -4.61. The van der Waals surface area contributed by atoms with Crippen LogP contribution >= 0.6 is 0 Å². The average molecular weight is 519 g/mol. The van der Waals surface area contributed by atoms with Crippen molar-refractivity contribution in [2.45, 2.75) is 43.9 Å². The van der Waals surface area contributed by atoms with Crippen LogP contribution in [-0.4, -0.2) is 0 Å². The summed E-state index contributed by atoms with van der Waals surface area (Å²) in [5.74, 6) is 0.310. The van der Waals surface area contributed by atoms with Gasteiger partial charge in [0.05, 0.1) is 6.07 Å². The van der Waals surface area contributed by atoms with Gasteiger partial charge in [0.15, 0.2) is 0 Å². The highest BCUT2D eigenvalue weighted by Crippen LogP contribution is 2.43. The molecule has 3 aliphatic carbocycles. The standard InChI is InChI=1S/C38H34N2/c1-38(24-8-13-34(26-38)33-12-7-11-32(25-33)31-18-16-28(27-39)17-19-31)36-14-5-6-15-37(36)40-35-22-20-30(21-23-35)29-9-3-2-4-10-29/h3,5-18,20-25,31,40H,2,4,19,26H2,1H3/t31-,38?/m0/s1. The van der Waals surface area contributed by atoms with E-state index in [2.05, 4.69) is 134 Å². The molecule has 2 nitrogen and oxygen atoms in total. The SMILES string of the molecule is CC1(c2ccccc2Nc2ccc(C3=CCCC=C3)cc2)C=CC=C(c2cccc([C@H]3C=CC(C#N)=CC3)c2)C1. The number of nitrogens with one attached hydrogen (secondary N) is 1. The lowest BCUT2D eigenvalue weighted by Gasteiger charge is -2.33. The van der Waals surface area contributed by atoms with Crippen molar-refractivity contribution in [3.05, 3.63) is 155 Å². The van der Waals surface area contributed by atoms with Crippen molar-refractivity contribution in [1.82, 2.24) is 0 Å². The topological polar surface area (TPSA) is 35.8 Å². The molecule has 1 unspecified atom stereocenters. The van der Waals surface area contributed by atoms with E-state index in [0.29, 0.717) is 5.92 Å². The second-order valence-electron chi connectivity index (χ2n) is 11.1. The molecule has 2 heteroatoms. The van der Waals surface area contributed by atoms with Gasteiger partial charge in [0, 0.05) is 28.3 Å². The van der Waals surface area contributed by atoms with Gasteiger partial charge in [-0.3, -0.25) is 0 Å². The molecule has 0 bridgehead atoms. The number of nitrogens with zero attached hydrogens (tertiary/aromatic N) is 1. The van der Waals surface area contributed by atoms with Gasteiger partial charge in [-0.25, -0.2) is 0 Å². The van der Waals surface area contributed by atoms with Gasteiger partial charge < -0.3 is 5.32 Å². The third-order valence-electron chi connectivity index (χ3n) is 8.27. The van der Waals surface area contributed by atoms with Crippen LogP contribution < -0.4 is 5.32 Å². The summed E-state index contributed by atoms with van der Waals surface area (Å²) in [6.07, 6.45) is 23.8. The van der Waals surface area contributed by atoms with E-state index in [1.54, 1.807) is 0 Å². The van der Waals surface area contributed by atoms with E-state index in [1.165, 1.54) is 33.4 Å². The molecule has 0 heterocycles. The number of para-hydroxylation sites is 1. The number of rotatable bonds is 6. The van der Waals surface area contributed by atoms with Gasteiger partial charge in [-0.2, -0.15) is 5.26 Å². The van der Waals surface area contributed by atoms with Crippen LogP contribution in [0.4, 0.5) is 11.4 Å². The van der Waals surface area contributed by atoms with Crippen LogP contribution in [0.2, 0.25) is 0 Å². The first kappa shape index (κ1) is 25.7. The molecule has 0 amide bonds. The fourth-order valence-corrected chi connectivity index (χ4v) is 6.01. The van der Waals surface area contributed by atoms with E-state index < -0.39 is 0 Å².